The van der Waals surface area contributed by atoms with Crippen LogP contribution in [0.5, 0.6) is 5.75 Å². The molecule has 0 heterocycles. The second-order valence-corrected chi connectivity index (χ2v) is 5.42. The van der Waals surface area contributed by atoms with Gasteiger partial charge in [-0.05, 0) is 36.0 Å². The predicted molar refractivity (Wildman–Crippen MR) is 94.2 cm³/mol. The van der Waals surface area contributed by atoms with E-state index in [0.29, 0.717) is 28.1 Å². The third-order valence-electron chi connectivity index (χ3n) is 2.99. The van der Waals surface area contributed by atoms with Crippen LogP contribution in [0.25, 0.3) is 0 Å². The monoisotopic (exact) mass is 351 g/mol. The Balaban J connectivity index is 2.01. The molecule has 2 rings (SSSR count). The van der Waals surface area contributed by atoms with Gasteiger partial charge in [0.15, 0.2) is 5.11 Å². The molecule has 0 saturated heterocycles. The molecule has 0 saturated carbocycles. The molecule has 8 heteroatoms. The van der Waals surface area contributed by atoms with E-state index in [1.807, 2.05) is 18.2 Å². The average molecular weight is 352 g/mol. The van der Waals surface area contributed by atoms with E-state index in [-0.39, 0.29) is 5.69 Å². The quantitative estimate of drug-likeness (QED) is 0.485. The summed E-state index contributed by atoms with van der Waals surface area (Å²) in [5.41, 5.74) is 1.48. The minimum absolute atomic E-state index is 0.0507. The summed E-state index contributed by atoms with van der Waals surface area (Å²) in [6.45, 7) is 0.502. The Kier molecular flexibility index (Phi) is 5.72. The van der Waals surface area contributed by atoms with Gasteiger partial charge in [0.25, 0.3) is 5.69 Å². The molecule has 0 fully saturated rings. The van der Waals surface area contributed by atoms with Gasteiger partial charge in [-0.2, -0.15) is 0 Å². The summed E-state index contributed by atoms with van der Waals surface area (Å²) in [5, 5.41) is 17.8. The van der Waals surface area contributed by atoms with Crippen LogP contribution in [0, 0.1) is 10.1 Å². The summed E-state index contributed by atoms with van der Waals surface area (Å²) >= 11 is 11.1. The zero-order chi connectivity index (χ0) is 16.8. The van der Waals surface area contributed by atoms with Crippen LogP contribution in [0.1, 0.15) is 5.56 Å². The summed E-state index contributed by atoms with van der Waals surface area (Å²) < 4.78 is 5.14. The number of hydrogen-bond donors (Lipinski definition) is 2. The molecule has 2 aromatic rings. The molecule has 120 valence electrons. The van der Waals surface area contributed by atoms with Crippen LogP contribution in [0.15, 0.2) is 42.5 Å². The standard InChI is InChI=1S/C15H14ClN3O3S/c1-22-14-8-12(19(20)21)5-6-13(14)18-15(23)17-9-10-3-2-4-11(16)7-10/h2-8H,9H2,1H3,(H2,17,18,23). The first-order chi connectivity index (χ1) is 11.0. The Morgan fingerprint density at radius 3 is 2.78 bits per heavy atom. The summed E-state index contributed by atoms with van der Waals surface area (Å²) in [5.74, 6) is 0.339. The van der Waals surface area contributed by atoms with Gasteiger partial charge in [0.1, 0.15) is 5.75 Å². The van der Waals surface area contributed by atoms with Crippen LogP contribution >= 0.6 is 23.8 Å². The maximum atomic E-state index is 10.8. The highest BCUT2D eigenvalue weighted by Crippen LogP contribution is 2.28. The number of methoxy groups -OCH3 is 1. The normalized spacial score (nSPS) is 10.0. The molecule has 0 radical (unpaired) electrons. The zero-order valence-electron chi connectivity index (χ0n) is 12.2. The van der Waals surface area contributed by atoms with Crippen molar-refractivity contribution >= 4 is 40.3 Å². The van der Waals surface area contributed by atoms with Crippen molar-refractivity contribution in [3.05, 3.63) is 63.2 Å². The third-order valence-corrected chi connectivity index (χ3v) is 3.47. The van der Waals surface area contributed by atoms with Gasteiger partial charge in [-0.1, -0.05) is 23.7 Å². The number of ether oxygens (including phenoxy) is 1. The van der Waals surface area contributed by atoms with Crippen molar-refractivity contribution in [1.29, 1.82) is 0 Å². The predicted octanol–water partition coefficient (Wildman–Crippen LogP) is 3.74. The first kappa shape index (κ1) is 17.0. The summed E-state index contributed by atoms with van der Waals surface area (Å²) in [6, 6.07) is 11.7. The van der Waals surface area contributed by atoms with E-state index in [4.69, 9.17) is 28.6 Å². The van der Waals surface area contributed by atoms with Crippen molar-refractivity contribution in [2.45, 2.75) is 6.54 Å². The lowest BCUT2D eigenvalue weighted by atomic mass is 10.2. The van der Waals surface area contributed by atoms with Gasteiger partial charge in [-0.15, -0.1) is 0 Å². The van der Waals surface area contributed by atoms with Gasteiger partial charge in [0.2, 0.25) is 0 Å². The number of rotatable bonds is 5. The number of nitro groups is 1. The first-order valence-corrected chi connectivity index (χ1v) is 7.40. The number of hydrogen-bond acceptors (Lipinski definition) is 4. The highest BCUT2D eigenvalue weighted by molar-refractivity contribution is 7.80. The fraction of sp³-hybridized carbons (Fsp3) is 0.133. The minimum Gasteiger partial charge on any atom is -0.494 e. The minimum atomic E-state index is -0.484. The summed E-state index contributed by atoms with van der Waals surface area (Å²) in [7, 11) is 1.44. The van der Waals surface area contributed by atoms with Crippen molar-refractivity contribution < 1.29 is 9.66 Å². The molecule has 0 aromatic heterocycles. The summed E-state index contributed by atoms with van der Waals surface area (Å²) in [4.78, 5) is 10.3. The number of benzene rings is 2. The second kappa shape index (κ2) is 7.75. The molecule has 23 heavy (non-hydrogen) atoms. The summed E-state index contributed by atoms with van der Waals surface area (Å²) in [6.07, 6.45) is 0. The van der Waals surface area contributed by atoms with E-state index in [1.165, 1.54) is 19.2 Å². The number of nitro benzene ring substituents is 1. The lowest BCUT2D eigenvalue weighted by Gasteiger charge is -2.13. The maximum absolute atomic E-state index is 10.8. The highest BCUT2D eigenvalue weighted by Gasteiger charge is 2.12. The van der Waals surface area contributed by atoms with E-state index in [1.54, 1.807) is 12.1 Å². The van der Waals surface area contributed by atoms with Crippen molar-refractivity contribution in [1.82, 2.24) is 5.32 Å². The number of anilines is 1. The van der Waals surface area contributed by atoms with Crippen molar-refractivity contribution in [3.63, 3.8) is 0 Å². The molecule has 0 spiro atoms. The van der Waals surface area contributed by atoms with Crippen LogP contribution in [-0.4, -0.2) is 17.1 Å². The molecule has 2 N–H and O–H groups in total. The molecule has 0 amide bonds. The van der Waals surface area contributed by atoms with Crippen molar-refractivity contribution in [2.75, 3.05) is 12.4 Å². The molecule has 0 aliphatic rings. The maximum Gasteiger partial charge on any atom is 0.273 e. The van der Waals surface area contributed by atoms with Crippen LogP contribution < -0.4 is 15.4 Å². The van der Waals surface area contributed by atoms with Gasteiger partial charge in [-0.3, -0.25) is 10.1 Å². The van der Waals surface area contributed by atoms with Crippen molar-refractivity contribution in [2.24, 2.45) is 0 Å². The fourth-order valence-electron chi connectivity index (χ4n) is 1.89. The zero-order valence-corrected chi connectivity index (χ0v) is 13.8. The second-order valence-electron chi connectivity index (χ2n) is 4.58. The number of non-ortho nitro benzene ring substituents is 1. The molecule has 2 aromatic carbocycles. The Bertz CT molecular complexity index is 740. The van der Waals surface area contributed by atoms with Crippen molar-refractivity contribution in [3.8, 4) is 5.75 Å². The van der Waals surface area contributed by atoms with E-state index in [0.717, 1.165) is 5.56 Å². The smallest absolute Gasteiger partial charge is 0.273 e. The van der Waals surface area contributed by atoms with Crippen LogP contribution in [0.2, 0.25) is 5.02 Å². The third kappa shape index (κ3) is 4.80. The number of nitrogens with zero attached hydrogens (tertiary/aromatic N) is 1. The lowest BCUT2D eigenvalue weighted by molar-refractivity contribution is -0.384. The van der Waals surface area contributed by atoms with Gasteiger partial charge >= 0.3 is 0 Å². The van der Waals surface area contributed by atoms with E-state index >= 15 is 0 Å². The first-order valence-electron chi connectivity index (χ1n) is 6.61. The Hall–Kier alpha value is -2.38. The Morgan fingerprint density at radius 1 is 1.35 bits per heavy atom. The van der Waals surface area contributed by atoms with Gasteiger partial charge < -0.3 is 15.4 Å². The molecule has 0 bridgehead atoms. The Morgan fingerprint density at radius 2 is 2.13 bits per heavy atom. The molecule has 0 unspecified atom stereocenters. The lowest BCUT2D eigenvalue weighted by Crippen LogP contribution is -2.28. The highest BCUT2D eigenvalue weighted by atomic mass is 35.5. The van der Waals surface area contributed by atoms with E-state index in [9.17, 15) is 10.1 Å². The largest absolute Gasteiger partial charge is 0.494 e. The van der Waals surface area contributed by atoms with Gasteiger partial charge in [-0.25, -0.2) is 0 Å². The molecular formula is C15H14ClN3O3S. The topological polar surface area (TPSA) is 76.4 Å². The molecule has 0 aliphatic carbocycles. The number of halogens is 1. The molecular weight excluding hydrogens is 338 g/mol. The number of thiocarbonyl (C=S) groups is 1. The van der Waals surface area contributed by atoms with E-state index < -0.39 is 4.92 Å². The Labute approximate surface area is 143 Å². The van der Waals surface area contributed by atoms with Gasteiger partial charge in [0, 0.05) is 17.6 Å². The average Bonchev–Trinajstić information content (AvgIpc) is 2.53. The van der Waals surface area contributed by atoms with Gasteiger partial charge in [0.05, 0.1) is 23.8 Å². The van der Waals surface area contributed by atoms with Crippen LogP contribution in [-0.2, 0) is 6.54 Å². The van der Waals surface area contributed by atoms with E-state index in [2.05, 4.69) is 10.6 Å². The SMILES string of the molecule is COc1cc([N+](=O)[O-])ccc1NC(=S)NCc1cccc(Cl)c1. The number of nitrogens with one attached hydrogen (secondary N) is 2. The molecule has 0 aliphatic heterocycles. The molecule has 0 atom stereocenters. The van der Waals surface area contributed by atoms with Crippen LogP contribution in [0.3, 0.4) is 0 Å². The fourth-order valence-corrected chi connectivity index (χ4v) is 2.29. The molecule has 6 nitrogen and oxygen atoms in total. The van der Waals surface area contributed by atoms with Crippen LogP contribution in [0.4, 0.5) is 11.4 Å².